The number of hydrogen-bond donors (Lipinski definition) is 2. The molecular formula is C13H13N5S. The van der Waals surface area contributed by atoms with Gasteiger partial charge in [0.25, 0.3) is 0 Å². The van der Waals surface area contributed by atoms with Crippen LogP contribution in [0.15, 0.2) is 42.3 Å². The third kappa shape index (κ3) is 2.79. The summed E-state index contributed by atoms with van der Waals surface area (Å²) in [5.41, 5.74) is 2.16. The molecule has 5 nitrogen and oxygen atoms in total. The second-order valence-electron chi connectivity index (χ2n) is 3.96. The van der Waals surface area contributed by atoms with Crippen molar-refractivity contribution in [3.63, 3.8) is 0 Å². The van der Waals surface area contributed by atoms with Gasteiger partial charge in [0.2, 0.25) is 5.95 Å². The monoisotopic (exact) mass is 271 g/mol. The van der Waals surface area contributed by atoms with Crippen LogP contribution in [-0.2, 0) is 6.42 Å². The van der Waals surface area contributed by atoms with E-state index in [2.05, 4.69) is 36.7 Å². The van der Waals surface area contributed by atoms with Gasteiger partial charge >= 0.3 is 0 Å². The standard InChI is InChI=1S/C13H13N5S/c1-3-11(19-8-1)12-10(17-9-18-12)4-7-16-13-14-5-2-6-15-13/h1-3,5-6,8-9H,4,7H2,(H,17,18)(H,14,15,16). The largest absolute Gasteiger partial charge is 0.354 e. The zero-order valence-corrected chi connectivity index (χ0v) is 11.0. The zero-order chi connectivity index (χ0) is 12.9. The van der Waals surface area contributed by atoms with Crippen molar-refractivity contribution in [3.8, 4) is 10.6 Å². The van der Waals surface area contributed by atoms with Crippen LogP contribution >= 0.6 is 11.3 Å². The average Bonchev–Trinajstić information content (AvgIpc) is 3.10. The van der Waals surface area contributed by atoms with Crippen LogP contribution in [0, 0.1) is 0 Å². The molecule has 6 heteroatoms. The predicted molar refractivity (Wildman–Crippen MR) is 76.1 cm³/mol. The Balaban J connectivity index is 1.64. The first-order valence-electron chi connectivity index (χ1n) is 6.00. The summed E-state index contributed by atoms with van der Waals surface area (Å²) >= 11 is 1.70. The first-order valence-corrected chi connectivity index (χ1v) is 6.88. The highest BCUT2D eigenvalue weighted by Crippen LogP contribution is 2.25. The molecule has 3 aromatic rings. The number of aromatic amines is 1. The van der Waals surface area contributed by atoms with E-state index in [9.17, 15) is 0 Å². The summed E-state index contributed by atoms with van der Waals surface area (Å²) in [6.07, 6.45) is 6.04. The van der Waals surface area contributed by atoms with Gasteiger partial charge in [0.1, 0.15) is 5.69 Å². The fourth-order valence-corrected chi connectivity index (χ4v) is 2.58. The van der Waals surface area contributed by atoms with E-state index in [-0.39, 0.29) is 0 Å². The summed E-state index contributed by atoms with van der Waals surface area (Å²) in [5.74, 6) is 0.652. The summed E-state index contributed by atoms with van der Waals surface area (Å²) in [7, 11) is 0. The molecule has 0 spiro atoms. The van der Waals surface area contributed by atoms with Crippen LogP contribution in [-0.4, -0.2) is 26.5 Å². The third-order valence-electron chi connectivity index (χ3n) is 2.70. The summed E-state index contributed by atoms with van der Waals surface area (Å²) in [4.78, 5) is 17.0. The van der Waals surface area contributed by atoms with Crippen LogP contribution in [0.3, 0.4) is 0 Å². The molecule has 3 heterocycles. The number of hydrogen-bond acceptors (Lipinski definition) is 5. The van der Waals surface area contributed by atoms with Gasteiger partial charge in [-0.3, -0.25) is 0 Å². The maximum absolute atomic E-state index is 4.38. The Bertz CT molecular complexity index is 618. The van der Waals surface area contributed by atoms with Crippen LogP contribution in [0.5, 0.6) is 0 Å². The van der Waals surface area contributed by atoms with Gasteiger partial charge in [-0.15, -0.1) is 11.3 Å². The quantitative estimate of drug-likeness (QED) is 0.748. The molecule has 0 aliphatic carbocycles. The number of nitrogens with zero attached hydrogens (tertiary/aromatic N) is 3. The topological polar surface area (TPSA) is 66.5 Å². The van der Waals surface area contributed by atoms with Gasteiger partial charge in [0.15, 0.2) is 0 Å². The molecule has 0 radical (unpaired) electrons. The van der Waals surface area contributed by atoms with Gasteiger partial charge in [0, 0.05) is 31.1 Å². The molecule has 0 saturated heterocycles. The van der Waals surface area contributed by atoms with E-state index in [1.54, 1.807) is 36.1 Å². The van der Waals surface area contributed by atoms with E-state index in [0.717, 1.165) is 24.4 Å². The number of imidazole rings is 1. The molecule has 0 aromatic carbocycles. The van der Waals surface area contributed by atoms with Gasteiger partial charge < -0.3 is 10.3 Å². The molecule has 0 unspecified atom stereocenters. The third-order valence-corrected chi connectivity index (χ3v) is 3.57. The van der Waals surface area contributed by atoms with Crippen molar-refractivity contribution in [3.05, 3.63) is 48.0 Å². The summed E-state index contributed by atoms with van der Waals surface area (Å²) in [6, 6.07) is 5.92. The van der Waals surface area contributed by atoms with Crippen molar-refractivity contribution in [2.45, 2.75) is 6.42 Å². The van der Waals surface area contributed by atoms with Crippen molar-refractivity contribution in [1.82, 2.24) is 19.9 Å². The van der Waals surface area contributed by atoms with E-state index >= 15 is 0 Å². The van der Waals surface area contributed by atoms with Crippen LogP contribution < -0.4 is 5.32 Å². The first kappa shape index (κ1) is 11.9. The van der Waals surface area contributed by atoms with Crippen molar-refractivity contribution in [2.24, 2.45) is 0 Å². The Kier molecular flexibility index (Phi) is 3.51. The van der Waals surface area contributed by atoms with Gasteiger partial charge in [-0.05, 0) is 17.5 Å². The highest BCUT2D eigenvalue weighted by Gasteiger charge is 2.08. The van der Waals surface area contributed by atoms with Gasteiger partial charge in [-0.2, -0.15) is 0 Å². The lowest BCUT2D eigenvalue weighted by Gasteiger charge is -2.04. The Hall–Kier alpha value is -2.21. The zero-order valence-electron chi connectivity index (χ0n) is 10.2. The molecule has 19 heavy (non-hydrogen) atoms. The number of anilines is 1. The number of nitrogens with one attached hydrogen (secondary N) is 2. The molecule has 0 saturated carbocycles. The fraction of sp³-hybridized carbons (Fsp3) is 0.154. The molecular weight excluding hydrogens is 258 g/mol. The van der Waals surface area contributed by atoms with E-state index in [1.807, 2.05) is 6.07 Å². The predicted octanol–water partition coefficient (Wildman–Crippen LogP) is 2.58. The van der Waals surface area contributed by atoms with Gasteiger partial charge in [0.05, 0.1) is 11.2 Å². The molecule has 0 amide bonds. The SMILES string of the molecule is c1cnc(NCCc2[nH]cnc2-c2cccs2)nc1. The number of H-pyrrole nitrogens is 1. The van der Waals surface area contributed by atoms with Crippen molar-refractivity contribution in [2.75, 3.05) is 11.9 Å². The minimum Gasteiger partial charge on any atom is -0.354 e. The Morgan fingerprint density at radius 2 is 2.05 bits per heavy atom. The van der Waals surface area contributed by atoms with E-state index in [0.29, 0.717) is 5.95 Å². The lowest BCUT2D eigenvalue weighted by atomic mass is 10.2. The summed E-state index contributed by atoms with van der Waals surface area (Å²) in [5, 5.41) is 5.25. The molecule has 2 N–H and O–H groups in total. The molecule has 0 aliphatic heterocycles. The molecule has 96 valence electrons. The van der Waals surface area contributed by atoms with Gasteiger partial charge in [-0.1, -0.05) is 6.07 Å². The minimum atomic E-state index is 0.652. The van der Waals surface area contributed by atoms with Crippen LogP contribution in [0.25, 0.3) is 10.6 Å². The highest BCUT2D eigenvalue weighted by atomic mass is 32.1. The van der Waals surface area contributed by atoms with Crippen molar-refractivity contribution >= 4 is 17.3 Å². The molecule has 0 atom stereocenters. The molecule has 3 rings (SSSR count). The normalized spacial score (nSPS) is 10.5. The second kappa shape index (κ2) is 5.62. The fourth-order valence-electron chi connectivity index (χ4n) is 1.83. The van der Waals surface area contributed by atoms with E-state index in [4.69, 9.17) is 0 Å². The second-order valence-corrected chi connectivity index (χ2v) is 4.90. The van der Waals surface area contributed by atoms with Gasteiger partial charge in [-0.25, -0.2) is 15.0 Å². The van der Waals surface area contributed by atoms with Crippen LogP contribution in [0.1, 0.15) is 5.69 Å². The van der Waals surface area contributed by atoms with Crippen LogP contribution in [0.4, 0.5) is 5.95 Å². The maximum atomic E-state index is 4.38. The first-order chi connectivity index (χ1) is 9.43. The molecule has 0 bridgehead atoms. The number of rotatable bonds is 5. The Morgan fingerprint density at radius 3 is 2.84 bits per heavy atom. The number of thiophene rings is 1. The summed E-state index contributed by atoms with van der Waals surface area (Å²) in [6.45, 7) is 0.768. The molecule has 0 fully saturated rings. The Morgan fingerprint density at radius 1 is 1.16 bits per heavy atom. The van der Waals surface area contributed by atoms with E-state index < -0.39 is 0 Å². The minimum absolute atomic E-state index is 0.652. The maximum Gasteiger partial charge on any atom is 0.222 e. The van der Waals surface area contributed by atoms with Crippen molar-refractivity contribution < 1.29 is 0 Å². The lowest BCUT2D eigenvalue weighted by Crippen LogP contribution is -2.08. The smallest absolute Gasteiger partial charge is 0.222 e. The highest BCUT2D eigenvalue weighted by molar-refractivity contribution is 7.13. The number of aromatic nitrogens is 4. The van der Waals surface area contributed by atoms with Crippen LogP contribution in [0.2, 0.25) is 0 Å². The van der Waals surface area contributed by atoms with Crippen molar-refractivity contribution in [1.29, 1.82) is 0 Å². The molecule has 3 aromatic heterocycles. The summed E-state index contributed by atoms with van der Waals surface area (Å²) < 4.78 is 0. The molecule has 0 aliphatic rings. The Labute approximate surface area is 114 Å². The lowest BCUT2D eigenvalue weighted by molar-refractivity contribution is 0.955. The average molecular weight is 271 g/mol. The van der Waals surface area contributed by atoms with E-state index in [1.165, 1.54) is 4.88 Å².